The van der Waals surface area contributed by atoms with Crippen LogP contribution in [-0.2, 0) is 11.3 Å². The predicted octanol–water partition coefficient (Wildman–Crippen LogP) is 2.61. The Kier molecular flexibility index (Phi) is 7.68. The minimum atomic E-state index is 0. The molecule has 1 aromatic heterocycles. The van der Waals surface area contributed by atoms with Crippen molar-refractivity contribution in [1.29, 1.82) is 0 Å². The molecule has 0 aliphatic carbocycles. The molecule has 2 aromatic rings. The number of halogens is 1. The Morgan fingerprint density at radius 3 is 2.50 bits per heavy atom. The Bertz CT molecular complexity index is 717. The number of hydrogen-bond donors (Lipinski definition) is 0. The van der Waals surface area contributed by atoms with Gasteiger partial charge in [0.05, 0.1) is 13.7 Å². The molecule has 0 saturated carbocycles. The standard InChI is InChI=1S/C18H23N3O3S.ClH/c1-14-13-25-17(19-14)11-20-7-9-21(10-8-20)18(22)12-24-16-6-4-3-5-15(16)23-2;/h3-6,13H,7-12H2,1-2H3;1H. The van der Waals surface area contributed by atoms with E-state index < -0.39 is 0 Å². The number of para-hydroxylation sites is 2. The molecule has 0 unspecified atom stereocenters. The number of ether oxygens (including phenoxy) is 2. The molecule has 6 nitrogen and oxygen atoms in total. The molecule has 0 spiro atoms. The minimum absolute atomic E-state index is 0. The molecule has 1 aliphatic heterocycles. The monoisotopic (exact) mass is 397 g/mol. The van der Waals surface area contributed by atoms with Crippen LogP contribution in [-0.4, -0.2) is 60.6 Å². The van der Waals surface area contributed by atoms with Crippen LogP contribution in [0.1, 0.15) is 10.7 Å². The lowest BCUT2D eigenvalue weighted by atomic mass is 10.3. The van der Waals surface area contributed by atoms with Crippen LogP contribution in [0.2, 0.25) is 0 Å². The highest BCUT2D eigenvalue weighted by Crippen LogP contribution is 2.25. The second-order valence-electron chi connectivity index (χ2n) is 5.98. The van der Waals surface area contributed by atoms with Crippen LogP contribution >= 0.6 is 23.7 Å². The molecule has 26 heavy (non-hydrogen) atoms. The molecule has 2 heterocycles. The number of rotatable bonds is 6. The number of carbonyl (C=O) groups is 1. The van der Waals surface area contributed by atoms with Gasteiger partial charge in [-0.1, -0.05) is 12.1 Å². The molecular weight excluding hydrogens is 374 g/mol. The quantitative estimate of drug-likeness (QED) is 0.750. The summed E-state index contributed by atoms with van der Waals surface area (Å²) in [7, 11) is 1.59. The first-order valence-corrected chi connectivity index (χ1v) is 9.20. The van der Waals surface area contributed by atoms with Gasteiger partial charge in [-0.05, 0) is 19.1 Å². The third kappa shape index (κ3) is 5.33. The van der Waals surface area contributed by atoms with Gasteiger partial charge in [0, 0.05) is 37.3 Å². The number of aryl methyl sites for hydroxylation is 1. The third-order valence-electron chi connectivity index (χ3n) is 4.17. The number of carbonyl (C=O) groups excluding carboxylic acids is 1. The first-order chi connectivity index (χ1) is 12.2. The third-order valence-corrected chi connectivity index (χ3v) is 5.12. The average molecular weight is 398 g/mol. The van der Waals surface area contributed by atoms with Gasteiger partial charge in [-0.3, -0.25) is 9.69 Å². The van der Waals surface area contributed by atoms with Gasteiger partial charge in [0.25, 0.3) is 5.91 Å². The van der Waals surface area contributed by atoms with Crippen molar-refractivity contribution in [2.24, 2.45) is 0 Å². The fourth-order valence-electron chi connectivity index (χ4n) is 2.79. The smallest absolute Gasteiger partial charge is 0.260 e. The van der Waals surface area contributed by atoms with Crippen molar-refractivity contribution in [1.82, 2.24) is 14.8 Å². The summed E-state index contributed by atoms with van der Waals surface area (Å²) in [6, 6.07) is 7.36. The summed E-state index contributed by atoms with van der Waals surface area (Å²) >= 11 is 1.69. The van der Waals surface area contributed by atoms with E-state index in [2.05, 4.69) is 15.3 Å². The summed E-state index contributed by atoms with van der Waals surface area (Å²) in [5.41, 5.74) is 1.07. The van der Waals surface area contributed by atoms with Crippen molar-refractivity contribution in [3.8, 4) is 11.5 Å². The average Bonchev–Trinajstić information content (AvgIpc) is 3.05. The summed E-state index contributed by atoms with van der Waals surface area (Å²) in [6.07, 6.45) is 0. The fraction of sp³-hybridized carbons (Fsp3) is 0.444. The van der Waals surface area contributed by atoms with Crippen molar-refractivity contribution in [2.45, 2.75) is 13.5 Å². The molecule has 3 rings (SSSR count). The maximum Gasteiger partial charge on any atom is 0.260 e. The van der Waals surface area contributed by atoms with Gasteiger partial charge in [0.2, 0.25) is 0 Å². The van der Waals surface area contributed by atoms with E-state index in [-0.39, 0.29) is 24.9 Å². The zero-order valence-corrected chi connectivity index (χ0v) is 16.6. The van der Waals surface area contributed by atoms with Crippen LogP contribution in [0.25, 0.3) is 0 Å². The Morgan fingerprint density at radius 2 is 1.88 bits per heavy atom. The molecule has 1 aliphatic rings. The lowest BCUT2D eigenvalue weighted by molar-refractivity contribution is -0.135. The lowest BCUT2D eigenvalue weighted by Crippen LogP contribution is -2.49. The normalized spacial score (nSPS) is 14.6. The van der Waals surface area contributed by atoms with Crippen molar-refractivity contribution in [2.75, 3.05) is 39.9 Å². The van der Waals surface area contributed by atoms with E-state index in [4.69, 9.17) is 9.47 Å². The summed E-state index contributed by atoms with van der Waals surface area (Å²) in [5, 5.41) is 3.21. The molecule has 0 atom stereocenters. The fourth-order valence-corrected chi connectivity index (χ4v) is 3.60. The van der Waals surface area contributed by atoms with E-state index in [0.29, 0.717) is 11.5 Å². The molecule has 8 heteroatoms. The van der Waals surface area contributed by atoms with Gasteiger partial charge in [0.1, 0.15) is 5.01 Å². The van der Waals surface area contributed by atoms with Crippen LogP contribution < -0.4 is 9.47 Å². The van der Waals surface area contributed by atoms with E-state index in [1.165, 1.54) is 0 Å². The van der Waals surface area contributed by atoms with Crippen LogP contribution in [0.15, 0.2) is 29.6 Å². The zero-order chi connectivity index (χ0) is 17.6. The summed E-state index contributed by atoms with van der Waals surface area (Å²) in [4.78, 5) is 21.1. The highest BCUT2D eigenvalue weighted by Gasteiger charge is 2.22. The maximum atomic E-state index is 12.4. The molecule has 0 N–H and O–H groups in total. The van der Waals surface area contributed by atoms with Gasteiger partial charge in [0.15, 0.2) is 18.1 Å². The van der Waals surface area contributed by atoms with E-state index in [9.17, 15) is 4.79 Å². The molecule has 142 valence electrons. The van der Waals surface area contributed by atoms with Crippen molar-refractivity contribution >= 4 is 29.7 Å². The van der Waals surface area contributed by atoms with Gasteiger partial charge < -0.3 is 14.4 Å². The first kappa shape index (κ1) is 20.5. The van der Waals surface area contributed by atoms with Crippen LogP contribution in [0, 0.1) is 6.92 Å². The number of amides is 1. The number of piperazine rings is 1. The number of hydrogen-bond acceptors (Lipinski definition) is 6. The van der Waals surface area contributed by atoms with Gasteiger partial charge in [-0.25, -0.2) is 4.98 Å². The minimum Gasteiger partial charge on any atom is -0.493 e. The Morgan fingerprint density at radius 1 is 1.19 bits per heavy atom. The van der Waals surface area contributed by atoms with E-state index in [1.54, 1.807) is 24.5 Å². The number of thiazole rings is 1. The number of benzene rings is 1. The molecule has 0 radical (unpaired) electrons. The van der Waals surface area contributed by atoms with E-state index >= 15 is 0 Å². The second kappa shape index (κ2) is 9.75. The Balaban J connectivity index is 0.00000243. The molecule has 1 amide bonds. The summed E-state index contributed by atoms with van der Waals surface area (Å²) in [5.74, 6) is 1.24. The molecule has 0 bridgehead atoms. The maximum absolute atomic E-state index is 12.4. The van der Waals surface area contributed by atoms with Crippen LogP contribution in [0.4, 0.5) is 0 Å². The molecule has 1 fully saturated rings. The van der Waals surface area contributed by atoms with Crippen LogP contribution in [0.3, 0.4) is 0 Å². The van der Waals surface area contributed by atoms with Crippen LogP contribution in [0.5, 0.6) is 11.5 Å². The number of nitrogens with zero attached hydrogens (tertiary/aromatic N) is 3. The molecular formula is C18H24ClN3O3S. The second-order valence-corrected chi connectivity index (χ2v) is 6.92. The van der Waals surface area contributed by atoms with Crippen molar-refractivity contribution in [3.05, 3.63) is 40.3 Å². The first-order valence-electron chi connectivity index (χ1n) is 8.32. The Hall–Kier alpha value is -1.83. The SMILES string of the molecule is COc1ccccc1OCC(=O)N1CCN(Cc2nc(C)cs2)CC1.Cl. The lowest BCUT2D eigenvalue weighted by Gasteiger charge is -2.34. The van der Waals surface area contributed by atoms with Gasteiger partial charge in [-0.15, -0.1) is 23.7 Å². The number of methoxy groups -OCH3 is 1. The summed E-state index contributed by atoms with van der Waals surface area (Å²) in [6.45, 7) is 6.07. The van der Waals surface area contributed by atoms with E-state index in [0.717, 1.165) is 43.4 Å². The topological polar surface area (TPSA) is 54.9 Å². The van der Waals surface area contributed by atoms with Gasteiger partial charge in [-0.2, -0.15) is 0 Å². The Labute approximate surface area is 164 Å². The zero-order valence-electron chi connectivity index (χ0n) is 15.0. The highest BCUT2D eigenvalue weighted by atomic mass is 35.5. The predicted molar refractivity (Wildman–Crippen MR) is 104 cm³/mol. The van der Waals surface area contributed by atoms with Crippen molar-refractivity contribution < 1.29 is 14.3 Å². The molecule has 1 aromatic carbocycles. The highest BCUT2D eigenvalue weighted by molar-refractivity contribution is 7.09. The van der Waals surface area contributed by atoms with Crippen molar-refractivity contribution in [3.63, 3.8) is 0 Å². The number of aromatic nitrogens is 1. The van der Waals surface area contributed by atoms with E-state index in [1.807, 2.05) is 30.0 Å². The van der Waals surface area contributed by atoms with Gasteiger partial charge >= 0.3 is 0 Å². The molecule has 1 saturated heterocycles. The summed E-state index contributed by atoms with van der Waals surface area (Å²) < 4.78 is 10.9. The largest absolute Gasteiger partial charge is 0.493 e.